The molecule has 4 heteroatoms. The Hall–Kier alpha value is -1.55. The van der Waals surface area contributed by atoms with E-state index in [1.54, 1.807) is 14.0 Å². The van der Waals surface area contributed by atoms with Crippen LogP contribution in [0, 0.1) is 0 Å². The third-order valence-electron chi connectivity index (χ3n) is 2.90. The minimum Gasteiger partial charge on any atom is -0.497 e. The minimum atomic E-state index is -0.298. The van der Waals surface area contributed by atoms with Gasteiger partial charge in [0.05, 0.1) is 13.2 Å². The summed E-state index contributed by atoms with van der Waals surface area (Å²) in [5.74, 6) is 0.864. The summed E-state index contributed by atoms with van der Waals surface area (Å²) in [6, 6.07) is 7.75. The molecule has 1 aromatic rings. The third-order valence-corrected chi connectivity index (χ3v) is 2.90. The number of carbonyl (C=O) groups is 1. The average Bonchev–Trinajstić information content (AvgIpc) is 2.41. The molecule has 2 N–H and O–H groups in total. The van der Waals surface area contributed by atoms with Crippen LogP contribution in [0.2, 0.25) is 0 Å². The zero-order valence-electron chi connectivity index (χ0n) is 11.7. The van der Waals surface area contributed by atoms with Crippen molar-refractivity contribution in [1.82, 2.24) is 5.32 Å². The summed E-state index contributed by atoms with van der Waals surface area (Å²) >= 11 is 0. The number of methoxy groups -OCH3 is 1. The molecular weight excluding hydrogens is 242 g/mol. The molecule has 0 saturated heterocycles. The van der Waals surface area contributed by atoms with Crippen LogP contribution in [0.15, 0.2) is 24.3 Å². The molecule has 0 radical (unpaired) electrons. The van der Waals surface area contributed by atoms with E-state index in [1.807, 2.05) is 24.3 Å². The molecule has 19 heavy (non-hydrogen) atoms. The lowest BCUT2D eigenvalue weighted by Gasteiger charge is -2.07. The van der Waals surface area contributed by atoms with Gasteiger partial charge in [0.15, 0.2) is 0 Å². The Morgan fingerprint density at radius 2 is 2.26 bits per heavy atom. The Morgan fingerprint density at radius 1 is 1.47 bits per heavy atom. The van der Waals surface area contributed by atoms with Crippen LogP contribution >= 0.6 is 0 Å². The highest BCUT2D eigenvalue weighted by Crippen LogP contribution is 2.13. The van der Waals surface area contributed by atoms with Crippen molar-refractivity contribution in [2.24, 2.45) is 0 Å². The first-order valence-corrected chi connectivity index (χ1v) is 6.69. The highest BCUT2D eigenvalue weighted by Gasteiger charge is 2.03. The highest BCUT2D eigenvalue weighted by atomic mass is 16.5. The summed E-state index contributed by atoms with van der Waals surface area (Å²) in [4.78, 5) is 11.6. The first-order valence-electron chi connectivity index (χ1n) is 6.69. The normalized spacial score (nSPS) is 11.9. The van der Waals surface area contributed by atoms with Gasteiger partial charge in [0.25, 0.3) is 0 Å². The number of hydrogen-bond donors (Lipinski definition) is 2. The maximum absolute atomic E-state index is 11.6. The molecule has 0 aliphatic rings. The van der Waals surface area contributed by atoms with Crippen molar-refractivity contribution in [3.8, 4) is 5.75 Å². The molecule has 0 heterocycles. The largest absolute Gasteiger partial charge is 0.497 e. The highest BCUT2D eigenvalue weighted by molar-refractivity contribution is 5.76. The van der Waals surface area contributed by atoms with Gasteiger partial charge in [-0.1, -0.05) is 12.1 Å². The maximum Gasteiger partial charge on any atom is 0.220 e. The first-order chi connectivity index (χ1) is 9.11. The topological polar surface area (TPSA) is 58.6 Å². The predicted molar refractivity (Wildman–Crippen MR) is 75.2 cm³/mol. The van der Waals surface area contributed by atoms with Crippen LogP contribution in [0.1, 0.15) is 31.7 Å². The Labute approximate surface area is 114 Å². The fourth-order valence-electron chi connectivity index (χ4n) is 1.80. The fraction of sp³-hybridized carbons (Fsp3) is 0.533. The van der Waals surface area contributed by atoms with Gasteiger partial charge in [-0.3, -0.25) is 4.79 Å². The smallest absolute Gasteiger partial charge is 0.220 e. The van der Waals surface area contributed by atoms with Gasteiger partial charge in [0.2, 0.25) is 5.91 Å². The van der Waals surface area contributed by atoms with E-state index in [4.69, 9.17) is 9.84 Å². The SMILES string of the molecule is COc1cccc(CCC(=O)NCCCC(C)O)c1. The number of hydrogen-bond acceptors (Lipinski definition) is 3. The number of nitrogens with one attached hydrogen (secondary N) is 1. The van der Waals surface area contributed by atoms with Gasteiger partial charge in [-0.05, 0) is 43.9 Å². The molecule has 0 aliphatic carbocycles. The van der Waals surface area contributed by atoms with E-state index in [-0.39, 0.29) is 12.0 Å². The molecule has 1 rings (SSSR count). The van der Waals surface area contributed by atoms with Crippen molar-refractivity contribution >= 4 is 5.91 Å². The average molecular weight is 265 g/mol. The third kappa shape index (κ3) is 6.82. The van der Waals surface area contributed by atoms with E-state index >= 15 is 0 Å². The van der Waals surface area contributed by atoms with Gasteiger partial charge in [-0.2, -0.15) is 0 Å². The second kappa shape index (κ2) is 8.53. The molecule has 1 atom stereocenters. The lowest BCUT2D eigenvalue weighted by molar-refractivity contribution is -0.121. The number of aliphatic hydroxyl groups excluding tert-OH is 1. The number of rotatable bonds is 8. The summed E-state index contributed by atoms with van der Waals surface area (Å²) in [6.07, 6.45) is 2.41. The van der Waals surface area contributed by atoms with Crippen molar-refractivity contribution in [1.29, 1.82) is 0 Å². The van der Waals surface area contributed by atoms with Gasteiger partial charge in [-0.15, -0.1) is 0 Å². The molecule has 0 aliphatic heterocycles. The Morgan fingerprint density at radius 3 is 2.95 bits per heavy atom. The lowest BCUT2D eigenvalue weighted by Crippen LogP contribution is -2.25. The van der Waals surface area contributed by atoms with E-state index in [0.717, 1.165) is 24.2 Å². The van der Waals surface area contributed by atoms with Crippen LogP contribution in [-0.4, -0.2) is 30.8 Å². The predicted octanol–water partition coefficient (Wildman–Crippen LogP) is 1.90. The quantitative estimate of drug-likeness (QED) is 0.706. The Bertz CT molecular complexity index is 391. The Balaban J connectivity index is 2.22. The second-order valence-electron chi connectivity index (χ2n) is 4.69. The molecule has 0 spiro atoms. The standard InChI is InChI=1S/C15H23NO3/c1-12(17)5-4-10-16-15(18)9-8-13-6-3-7-14(11-13)19-2/h3,6-7,11-12,17H,4-5,8-10H2,1-2H3,(H,16,18). The van der Waals surface area contributed by atoms with E-state index in [2.05, 4.69) is 5.32 Å². The molecule has 0 bridgehead atoms. The van der Waals surface area contributed by atoms with E-state index in [9.17, 15) is 4.79 Å². The summed E-state index contributed by atoms with van der Waals surface area (Å²) in [6.45, 7) is 2.38. The molecular formula is C15H23NO3. The van der Waals surface area contributed by atoms with Gasteiger partial charge >= 0.3 is 0 Å². The van der Waals surface area contributed by atoms with Gasteiger partial charge in [0.1, 0.15) is 5.75 Å². The zero-order chi connectivity index (χ0) is 14.1. The summed E-state index contributed by atoms with van der Waals surface area (Å²) in [5, 5.41) is 12.0. The molecule has 1 unspecified atom stereocenters. The van der Waals surface area contributed by atoms with Crippen molar-refractivity contribution in [3.63, 3.8) is 0 Å². The monoisotopic (exact) mass is 265 g/mol. The molecule has 4 nitrogen and oxygen atoms in total. The summed E-state index contributed by atoms with van der Waals surface area (Å²) < 4.78 is 5.14. The second-order valence-corrected chi connectivity index (χ2v) is 4.69. The molecule has 106 valence electrons. The maximum atomic E-state index is 11.6. The fourth-order valence-corrected chi connectivity index (χ4v) is 1.80. The van der Waals surface area contributed by atoms with Crippen molar-refractivity contribution < 1.29 is 14.6 Å². The number of aryl methyl sites for hydroxylation is 1. The van der Waals surface area contributed by atoms with Crippen LogP contribution in [-0.2, 0) is 11.2 Å². The van der Waals surface area contributed by atoms with Crippen molar-refractivity contribution in [3.05, 3.63) is 29.8 Å². The van der Waals surface area contributed by atoms with Crippen molar-refractivity contribution in [2.75, 3.05) is 13.7 Å². The molecule has 1 amide bonds. The van der Waals surface area contributed by atoms with Gasteiger partial charge in [0, 0.05) is 13.0 Å². The minimum absolute atomic E-state index is 0.0495. The molecule has 0 aromatic heterocycles. The van der Waals surface area contributed by atoms with Crippen molar-refractivity contribution in [2.45, 2.75) is 38.7 Å². The zero-order valence-corrected chi connectivity index (χ0v) is 11.7. The van der Waals surface area contributed by atoms with Gasteiger partial charge < -0.3 is 15.2 Å². The number of carbonyl (C=O) groups excluding carboxylic acids is 1. The number of benzene rings is 1. The van der Waals surface area contributed by atoms with Crippen LogP contribution in [0.5, 0.6) is 5.75 Å². The van der Waals surface area contributed by atoms with Crippen LogP contribution in [0.25, 0.3) is 0 Å². The molecule has 1 aromatic carbocycles. The van der Waals surface area contributed by atoms with Crippen LogP contribution < -0.4 is 10.1 Å². The summed E-state index contributed by atoms with van der Waals surface area (Å²) in [7, 11) is 1.63. The van der Waals surface area contributed by atoms with Crippen LogP contribution in [0.4, 0.5) is 0 Å². The first kappa shape index (κ1) is 15.5. The number of aliphatic hydroxyl groups is 1. The van der Waals surface area contributed by atoms with E-state index < -0.39 is 0 Å². The Kier molecular flexibility index (Phi) is 6.97. The molecule has 0 fully saturated rings. The number of ether oxygens (including phenoxy) is 1. The molecule has 0 saturated carbocycles. The van der Waals surface area contributed by atoms with Crippen LogP contribution in [0.3, 0.4) is 0 Å². The summed E-state index contributed by atoms with van der Waals surface area (Å²) in [5.41, 5.74) is 1.10. The lowest BCUT2D eigenvalue weighted by atomic mass is 10.1. The van der Waals surface area contributed by atoms with Gasteiger partial charge in [-0.25, -0.2) is 0 Å². The number of amides is 1. The van der Waals surface area contributed by atoms with E-state index in [1.165, 1.54) is 0 Å². The van der Waals surface area contributed by atoms with E-state index in [0.29, 0.717) is 19.4 Å².